The predicted molar refractivity (Wildman–Crippen MR) is 125 cm³/mol. The van der Waals surface area contributed by atoms with E-state index in [9.17, 15) is 5.11 Å². The van der Waals surface area contributed by atoms with Gasteiger partial charge < -0.3 is 19.3 Å². The van der Waals surface area contributed by atoms with Crippen molar-refractivity contribution in [3.8, 4) is 23.1 Å². The maximum Gasteiger partial charge on any atom is 0.227 e. The summed E-state index contributed by atoms with van der Waals surface area (Å²) in [5.41, 5.74) is 2.89. The van der Waals surface area contributed by atoms with Gasteiger partial charge in [0, 0.05) is 26.7 Å². The second-order valence-corrected chi connectivity index (χ2v) is 7.69. The highest BCUT2D eigenvalue weighted by Crippen LogP contribution is 2.33. The van der Waals surface area contributed by atoms with Gasteiger partial charge in [-0.1, -0.05) is 25.1 Å². The SMILES string of the molecule is CCc1nn(-c2ccccc2)c(Oc2ccc(OC)cc2)c1CN(CCOC)C[C@H](C)O. The maximum atomic E-state index is 10.0. The van der Waals surface area contributed by atoms with E-state index < -0.39 is 6.10 Å². The molecule has 3 aromatic rings. The zero-order chi connectivity index (χ0) is 22.9. The van der Waals surface area contributed by atoms with E-state index in [0.29, 0.717) is 37.9 Å². The summed E-state index contributed by atoms with van der Waals surface area (Å²) >= 11 is 0. The van der Waals surface area contributed by atoms with Crippen LogP contribution in [0.25, 0.3) is 5.69 Å². The van der Waals surface area contributed by atoms with E-state index in [1.807, 2.05) is 59.3 Å². The number of nitrogens with zero attached hydrogens (tertiary/aromatic N) is 3. The number of benzene rings is 2. The van der Waals surface area contributed by atoms with Crippen LogP contribution in [0.15, 0.2) is 54.6 Å². The van der Waals surface area contributed by atoms with Crippen LogP contribution in [0.2, 0.25) is 0 Å². The lowest BCUT2D eigenvalue weighted by Crippen LogP contribution is -2.33. The quantitative estimate of drug-likeness (QED) is 0.459. The van der Waals surface area contributed by atoms with E-state index in [1.165, 1.54) is 0 Å². The Labute approximate surface area is 190 Å². The van der Waals surface area contributed by atoms with Crippen LogP contribution in [0, 0.1) is 0 Å². The molecule has 7 nitrogen and oxygen atoms in total. The first-order valence-corrected chi connectivity index (χ1v) is 10.9. The molecule has 3 rings (SSSR count). The number of para-hydroxylation sites is 1. The van der Waals surface area contributed by atoms with Gasteiger partial charge >= 0.3 is 0 Å². The van der Waals surface area contributed by atoms with Crippen LogP contribution < -0.4 is 9.47 Å². The molecule has 0 fully saturated rings. The molecule has 0 aliphatic rings. The maximum absolute atomic E-state index is 10.0. The second-order valence-electron chi connectivity index (χ2n) is 7.69. The summed E-state index contributed by atoms with van der Waals surface area (Å²) in [4.78, 5) is 2.17. The van der Waals surface area contributed by atoms with Gasteiger partial charge in [0.25, 0.3) is 0 Å². The van der Waals surface area contributed by atoms with Crippen LogP contribution in [-0.4, -0.2) is 59.8 Å². The van der Waals surface area contributed by atoms with Gasteiger partial charge in [0.1, 0.15) is 11.5 Å². The lowest BCUT2D eigenvalue weighted by Gasteiger charge is -2.24. The summed E-state index contributed by atoms with van der Waals surface area (Å²) in [5.74, 6) is 2.14. The van der Waals surface area contributed by atoms with Gasteiger partial charge in [-0.3, -0.25) is 4.90 Å². The third kappa shape index (κ3) is 6.09. The van der Waals surface area contributed by atoms with Gasteiger partial charge in [-0.05, 0) is 49.7 Å². The topological polar surface area (TPSA) is 69.0 Å². The van der Waals surface area contributed by atoms with Crippen molar-refractivity contribution in [3.63, 3.8) is 0 Å². The van der Waals surface area contributed by atoms with Crippen molar-refractivity contribution in [2.24, 2.45) is 0 Å². The Hall–Kier alpha value is -2.87. The average molecular weight is 440 g/mol. The number of aryl methyl sites for hydroxylation is 1. The van der Waals surface area contributed by atoms with Crippen LogP contribution in [0.4, 0.5) is 0 Å². The van der Waals surface area contributed by atoms with Crippen molar-refractivity contribution in [1.29, 1.82) is 0 Å². The van der Waals surface area contributed by atoms with Gasteiger partial charge in [0.05, 0.1) is 36.8 Å². The smallest absolute Gasteiger partial charge is 0.227 e. The Morgan fingerprint density at radius 1 is 1.03 bits per heavy atom. The number of methoxy groups -OCH3 is 2. The standard InChI is InChI=1S/C25H33N3O4/c1-5-24-23(18-27(15-16-30-3)17-19(2)29)25(28(26-24)20-9-7-6-8-10-20)32-22-13-11-21(31-4)12-14-22/h6-14,19,29H,5,15-18H2,1-4H3/t19-/m0/s1. The lowest BCUT2D eigenvalue weighted by atomic mass is 10.1. The Morgan fingerprint density at radius 2 is 1.72 bits per heavy atom. The van der Waals surface area contributed by atoms with E-state index in [-0.39, 0.29) is 0 Å². The minimum Gasteiger partial charge on any atom is -0.497 e. The highest BCUT2D eigenvalue weighted by Gasteiger charge is 2.23. The molecule has 0 radical (unpaired) electrons. The second kappa shape index (κ2) is 11.7. The molecule has 0 spiro atoms. The molecule has 0 saturated carbocycles. The minimum atomic E-state index is -0.452. The molecule has 0 unspecified atom stereocenters. The van der Waals surface area contributed by atoms with E-state index >= 15 is 0 Å². The third-order valence-electron chi connectivity index (χ3n) is 5.14. The first-order chi connectivity index (χ1) is 15.5. The molecule has 0 amide bonds. The Bertz CT molecular complexity index is 955. The molecule has 1 aromatic heterocycles. The van der Waals surface area contributed by atoms with Gasteiger partial charge in [0.2, 0.25) is 5.88 Å². The zero-order valence-electron chi connectivity index (χ0n) is 19.3. The molecule has 7 heteroatoms. The molecule has 172 valence electrons. The summed E-state index contributed by atoms with van der Waals surface area (Å²) < 4.78 is 18.8. The molecule has 0 aliphatic carbocycles. The normalized spacial score (nSPS) is 12.2. The number of hydrogen-bond acceptors (Lipinski definition) is 6. The summed E-state index contributed by atoms with van der Waals surface area (Å²) in [5, 5.41) is 14.9. The molecule has 1 N–H and O–H groups in total. The molecule has 32 heavy (non-hydrogen) atoms. The van der Waals surface area contributed by atoms with Gasteiger partial charge in [-0.15, -0.1) is 0 Å². The Morgan fingerprint density at radius 3 is 2.31 bits per heavy atom. The van der Waals surface area contributed by atoms with E-state index in [2.05, 4.69) is 11.8 Å². The number of aliphatic hydroxyl groups excluding tert-OH is 1. The first kappa shape index (κ1) is 23.8. The van der Waals surface area contributed by atoms with Crippen LogP contribution in [0.5, 0.6) is 17.4 Å². The number of aromatic nitrogens is 2. The number of aliphatic hydroxyl groups is 1. The number of hydrogen-bond donors (Lipinski definition) is 1. The van der Waals surface area contributed by atoms with Crippen molar-refractivity contribution in [1.82, 2.24) is 14.7 Å². The van der Waals surface area contributed by atoms with E-state index in [1.54, 1.807) is 21.1 Å². The first-order valence-electron chi connectivity index (χ1n) is 10.9. The largest absolute Gasteiger partial charge is 0.497 e. The van der Waals surface area contributed by atoms with Crippen LogP contribution in [0.1, 0.15) is 25.1 Å². The average Bonchev–Trinajstić information content (AvgIpc) is 3.15. The monoisotopic (exact) mass is 439 g/mol. The van der Waals surface area contributed by atoms with Crippen molar-refractivity contribution < 1.29 is 19.3 Å². The zero-order valence-corrected chi connectivity index (χ0v) is 19.3. The summed E-state index contributed by atoms with van der Waals surface area (Å²) in [6.07, 6.45) is 0.313. The van der Waals surface area contributed by atoms with Crippen molar-refractivity contribution in [2.45, 2.75) is 32.9 Å². The highest BCUT2D eigenvalue weighted by molar-refractivity contribution is 5.44. The van der Waals surface area contributed by atoms with E-state index in [0.717, 1.165) is 29.1 Å². The lowest BCUT2D eigenvalue weighted by molar-refractivity contribution is 0.0934. The molecular formula is C25H33N3O4. The van der Waals surface area contributed by atoms with E-state index in [4.69, 9.17) is 19.3 Å². The van der Waals surface area contributed by atoms with Gasteiger partial charge in [-0.2, -0.15) is 5.10 Å². The van der Waals surface area contributed by atoms with Gasteiger partial charge in [0.15, 0.2) is 0 Å². The molecule has 0 saturated heterocycles. The fourth-order valence-electron chi connectivity index (χ4n) is 3.58. The fourth-order valence-corrected chi connectivity index (χ4v) is 3.58. The predicted octanol–water partition coefficient (Wildman–Crippen LogP) is 4.06. The summed E-state index contributed by atoms with van der Waals surface area (Å²) in [7, 11) is 3.33. The minimum absolute atomic E-state index is 0.452. The molecular weight excluding hydrogens is 406 g/mol. The molecule has 1 heterocycles. The fraction of sp³-hybridized carbons (Fsp3) is 0.400. The highest BCUT2D eigenvalue weighted by atomic mass is 16.5. The van der Waals surface area contributed by atoms with Crippen LogP contribution in [-0.2, 0) is 17.7 Å². The molecule has 0 bridgehead atoms. The third-order valence-corrected chi connectivity index (χ3v) is 5.14. The van der Waals surface area contributed by atoms with Crippen LogP contribution in [0.3, 0.4) is 0 Å². The Balaban J connectivity index is 2.03. The molecule has 0 aliphatic heterocycles. The molecule has 1 atom stereocenters. The van der Waals surface area contributed by atoms with Crippen LogP contribution >= 0.6 is 0 Å². The Kier molecular flexibility index (Phi) is 8.67. The van der Waals surface area contributed by atoms with Gasteiger partial charge in [-0.25, -0.2) is 4.68 Å². The molecule has 2 aromatic carbocycles. The number of rotatable bonds is 12. The summed E-state index contributed by atoms with van der Waals surface area (Å²) in [6, 6.07) is 17.5. The van der Waals surface area contributed by atoms with Crippen molar-refractivity contribution >= 4 is 0 Å². The van der Waals surface area contributed by atoms with Crippen molar-refractivity contribution in [2.75, 3.05) is 33.9 Å². The summed E-state index contributed by atoms with van der Waals surface area (Å²) in [6.45, 7) is 6.29. The van der Waals surface area contributed by atoms with Crippen molar-refractivity contribution in [3.05, 3.63) is 65.9 Å². The number of ether oxygens (including phenoxy) is 3.